The number of rotatable bonds is 7. The van der Waals surface area contributed by atoms with Gasteiger partial charge in [0.15, 0.2) is 0 Å². The Morgan fingerprint density at radius 3 is 2.35 bits per heavy atom. The van der Waals surface area contributed by atoms with Crippen molar-refractivity contribution in [3.8, 4) is 0 Å². The molecule has 4 nitrogen and oxygen atoms in total. The quantitative estimate of drug-likeness (QED) is 0.754. The lowest BCUT2D eigenvalue weighted by molar-refractivity contribution is -0.142. The van der Waals surface area contributed by atoms with Crippen molar-refractivity contribution in [1.82, 2.24) is 5.32 Å². The monoisotopic (exact) mass is 281 g/mol. The van der Waals surface area contributed by atoms with Crippen LogP contribution < -0.4 is 5.32 Å². The highest BCUT2D eigenvalue weighted by molar-refractivity contribution is 5.83. The summed E-state index contributed by atoms with van der Waals surface area (Å²) in [6, 6.07) is -0.687. The Balaban J connectivity index is 1.75. The van der Waals surface area contributed by atoms with E-state index in [0.29, 0.717) is 30.6 Å². The Morgan fingerprint density at radius 2 is 1.80 bits per heavy atom. The summed E-state index contributed by atoms with van der Waals surface area (Å²) in [6.45, 7) is 2.13. The van der Waals surface area contributed by atoms with Crippen molar-refractivity contribution < 1.29 is 14.7 Å². The zero-order chi connectivity index (χ0) is 14.5. The van der Waals surface area contributed by atoms with Gasteiger partial charge in [-0.3, -0.25) is 4.79 Å². The molecule has 114 valence electrons. The molecule has 0 bridgehead atoms. The van der Waals surface area contributed by atoms with Crippen LogP contribution in [0.15, 0.2) is 0 Å². The highest BCUT2D eigenvalue weighted by atomic mass is 16.4. The van der Waals surface area contributed by atoms with E-state index < -0.39 is 12.0 Å². The third-order valence-corrected chi connectivity index (χ3v) is 4.86. The van der Waals surface area contributed by atoms with E-state index in [1.807, 2.05) is 0 Å². The first kappa shape index (κ1) is 15.3. The molecule has 0 aliphatic heterocycles. The van der Waals surface area contributed by atoms with Gasteiger partial charge in [-0.2, -0.15) is 0 Å². The van der Waals surface area contributed by atoms with Crippen LogP contribution in [0.5, 0.6) is 0 Å². The Bertz CT molecular complexity index is 346. The fourth-order valence-electron chi connectivity index (χ4n) is 3.32. The van der Waals surface area contributed by atoms with Crippen molar-refractivity contribution in [1.29, 1.82) is 0 Å². The second-order valence-corrected chi connectivity index (χ2v) is 6.72. The summed E-state index contributed by atoms with van der Waals surface area (Å²) in [5, 5.41) is 11.9. The van der Waals surface area contributed by atoms with E-state index in [0.717, 1.165) is 12.8 Å². The van der Waals surface area contributed by atoms with Gasteiger partial charge in [0.2, 0.25) is 5.91 Å². The molecule has 0 spiro atoms. The van der Waals surface area contributed by atoms with Gasteiger partial charge < -0.3 is 10.4 Å². The van der Waals surface area contributed by atoms with Crippen LogP contribution in [0.4, 0.5) is 0 Å². The highest BCUT2D eigenvalue weighted by Crippen LogP contribution is 2.34. The first-order valence-corrected chi connectivity index (χ1v) is 8.08. The van der Waals surface area contributed by atoms with Crippen LogP contribution in [0.3, 0.4) is 0 Å². The van der Waals surface area contributed by atoms with Gasteiger partial charge in [-0.15, -0.1) is 0 Å². The number of aliphatic carboxylic acids is 1. The molecule has 2 fully saturated rings. The van der Waals surface area contributed by atoms with Gasteiger partial charge in [-0.1, -0.05) is 51.9 Å². The summed E-state index contributed by atoms with van der Waals surface area (Å²) in [7, 11) is 0. The number of carboxylic acids is 1. The van der Waals surface area contributed by atoms with Crippen LogP contribution in [0.25, 0.3) is 0 Å². The molecule has 1 amide bonds. The van der Waals surface area contributed by atoms with E-state index >= 15 is 0 Å². The molecule has 0 saturated heterocycles. The van der Waals surface area contributed by atoms with Crippen LogP contribution in [0.1, 0.15) is 64.7 Å². The number of carbonyl (C=O) groups is 2. The van der Waals surface area contributed by atoms with Crippen molar-refractivity contribution in [2.45, 2.75) is 70.8 Å². The topological polar surface area (TPSA) is 66.4 Å². The lowest BCUT2D eigenvalue weighted by Gasteiger charge is -2.27. The maximum absolute atomic E-state index is 12.0. The van der Waals surface area contributed by atoms with E-state index in [-0.39, 0.29) is 5.91 Å². The predicted octanol–water partition coefficient (Wildman–Crippen LogP) is 2.96. The molecule has 0 heterocycles. The van der Waals surface area contributed by atoms with Crippen molar-refractivity contribution in [3.63, 3.8) is 0 Å². The number of amides is 1. The zero-order valence-corrected chi connectivity index (χ0v) is 12.4. The van der Waals surface area contributed by atoms with Crippen LogP contribution in [-0.4, -0.2) is 23.0 Å². The van der Waals surface area contributed by atoms with Crippen molar-refractivity contribution in [3.05, 3.63) is 0 Å². The van der Waals surface area contributed by atoms with E-state index in [9.17, 15) is 9.59 Å². The highest BCUT2D eigenvalue weighted by Gasteiger charge is 2.31. The smallest absolute Gasteiger partial charge is 0.326 e. The predicted molar refractivity (Wildman–Crippen MR) is 77.3 cm³/mol. The summed E-state index contributed by atoms with van der Waals surface area (Å²) in [5.41, 5.74) is 0. The second-order valence-electron chi connectivity index (χ2n) is 6.72. The maximum atomic E-state index is 12.0. The molecule has 2 N–H and O–H groups in total. The summed E-state index contributed by atoms with van der Waals surface area (Å²) in [6.07, 6.45) is 9.59. The minimum Gasteiger partial charge on any atom is -0.480 e. The molecule has 0 aromatic heterocycles. The van der Waals surface area contributed by atoms with Crippen molar-refractivity contribution in [2.24, 2.45) is 17.8 Å². The molecular formula is C16H27NO3. The minimum absolute atomic E-state index is 0.0869. The molecule has 0 aromatic carbocycles. The molecule has 2 aliphatic rings. The fraction of sp³-hybridized carbons (Fsp3) is 0.875. The van der Waals surface area contributed by atoms with Crippen molar-refractivity contribution in [2.75, 3.05) is 0 Å². The summed E-state index contributed by atoms with van der Waals surface area (Å²) >= 11 is 0. The number of carboxylic acid groups (broad SMARTS) is 1. The van der Waals surface area contributed by atoms with Gasteiger partial charge in [0.25, 0.3) is 0 Å². The Morgan fingerprint density at radius 1 is 1.15 bits per heavy atom. The zero-order valence-electron chi connectivity index (χ0n) is 12.4. The lowest BCUT2D eigenvalue weighted by Crippen LogP contribution is -2.42. The van der Waals surface area contributed by atoms with Gasteiger partial charge >= 0.3 is 5.97 Å². The molecule has 0 aromatic rings. The van der Waals surface area contributed by atoms with Gasteiger partial charge in [0, 0.05) is 6.42 Å². The van der Waals surface area contributed by atoms with Crippen molar-refractivity contribution >= 4 is 11.9 Å². The van der Waals surface area contributed by atoms with Crippen LogP contribution in [0.2, 0.25) is 0 Å². The van der Waals surface area contributed by atoms with Gasteiger partial charge in [-0.25, -0.2) is 4.79 Å². The molecule has 0 radical (unpaired) electrons. The molecule has 2 aliphatic carbocycles. The van der Waals surface area contributed by atoms with E-state index in [1.54, 1.807) is 0 Å². The molecular weight excluding hydrogens is 254 g/mol. The first-order valence-electron chi connectivity index (χ1n) is 8.08. The van der Waals surface area contributed by atoms with E-state index in [2.05, 4.69) is 12.2 Å². The van der Waals surface area contributed by atoms with E-state index in [1.165, 1.54) is 32.1 Å². The fourth-order valence-corrected chi connectivity index (χ4v) is 3.32. The molecule has 4 heteroatoms. The number of nitrogens with one attached hydrogen (secondary N) is 1. The van der Waals surface area contributed by atoms with Gasteiger partial charge in [0.05, 0.1) is 0 Å². The summed E-state index contributed by atoms with van der Waals surface area (Å²) in [4.78, 5) is 23.2. The third-order valence-electron chi connectivity index (χ3n) is 4.86. The maximum Gasteiger partial charge on any atom is 0.326 e. The number of hydrogen-bond donors (Lipinski definition) is 2. The summed E-state index contributed by atoms with van der Waals surface area (Å²) < 4.78 is 0. The SMILES string of the molecule is CC(CC(=O)NC(CC1CC1)C(=O)O)C1CCCCC1. The average Bonchev–Trinajstić information content (AvgIpc) is 3.22. The molecule has 2 atom stereocenters. The second kappa shape index (κ2) is 7.09. The van der Waals surface area contributed by atoms with Crippen LogP contribution in [-0.2, 0) is 9.59 Å². The van der Waals surface area contributed by atoms with Crippen LogP contribution >= 0.6 is 0 Å². The first-order chi connectivity index (χ1) is 9.56. The Kier molecular flexibility index (Phi) is 5.44. The van der Waals surface area contributed by atoms with Crippen LogP contribution in [0, 0.1) is 17.8 Å². The van der Waals surface area contributed by atoms with Gasteiger partial charge in [-0.05, 0) is 24.2 Å². The molecule has 20 heavy (non-hydrogen) atoms. The third kappa shape index (κ3) is 4.80. The molecule has 2 unspecified atom stereocenters. The minimum atomic E-state index is -0.893. The Labute approximate surface area is 121 Å². The number of hydrogen-bond acceptors (Lipinski definition) is 2. The number of carbonyl (C=O) groups excluding carboxylic acids is 1. The lowest BCUT2D eigenvalue weighted by atomic mass is 9.79. The largest absolute Gasteiger partial charge is 0.480 e. The van der Waals surface area contributed by atoms with Gasteiger partial charge in [0.1, 0.15) is 6.04 Å². The molecule has 2 saturated carbocycles. The summed E-state index contributed by atoms with van der Waals surface area (Å²) in [5.74, 6) is 0.533. The normalized spacial score (nSPS) is 23.1. The average molecular weight is 281 g/mol. The Hall–Kier alpha value is -1.06. The molecule has 2 rings (SSSR count). The van der Waals surface area contributed by atoms with E-state index in [4.69, 9.17) is 5.11 Å². The standard InChI is InChI=1S/C16H27NO3/c1-11(13-5-3-2-4-6-13)9-15(18)17-14(16(19)20)10-12-7-8-12/h11-14H,2-10H2,1H3,(H,17,18)(H,19,20).